The molecule has 49 heavy (non-hydrogen) atoms. The van der Waals surface area contributed by atoms with Crippen LogP contribution in [0.15, 0.2) is 66.7 Å². The fourth-order valence-corrected chi connectivity index (χ4v) is 3.21. The lowest BCUT2D eigenvalue weighted by Crippen LogP contribution is -2.12. The third-order valence-electron chi connectivity index (χ3n) is 5.54. The molecule has 0 heterocycles. The fourth-order valence-electron chi connectivity index (χ4n) is 3.21. The van der Waals surface area contributed by atoms with Gasteiger partial charge in [-0.15, -0.1) is 0 Å². The first-order valence-corrected chi connectivity index (χ1v) is 15.9. The van der Waals surface area contributed by atoms with Crippen molar-refractivity contribution < 1.29 is 49.2 Å². The summed E-state index contributed by atoms with van der Waals surface area (Å²) in [4.78, 5) is 57.5. The van der Waals surface area contributed by atoms with E-state index in [1.165, 1.54) is 18.4 Å². The molecule has 4 N–H and O–H groups in total. The van der Waals surface area contributed by atoms with E-state index in [0.29, 0.717) is 23.1 Å². The molecule has 0 aliphatic heterocycles. The number of carbonyl (C=O) groups is 4. The zero-order valence-electron chi connectivity index (χ0n) is 30.9. The lowest BCUT2D eigenvalue weighted by atomic mass is 9.85. The summed E-state index contributed by atoms with van der Waals surface area (Å²) in [7, 11) is 0. The Balaban J connectivity index is -0.000000261. The Kier molecular flexibility index (Phi) is 31.4. The first kappa shape index (κ1) is 50.8. The molecule has 0 bridgehead atoms. The number of hydrogen-bond donors (Lipinski definition) is 4. The highest BCUT2D eigenvalue weighted by Crippen LogP contribution is 2.24. The third kappa shape index (κ3) is 27.7. The van der Waals surface area contributed by atoms with E-state index >= 15 is 0 Å². The average molecular weight is 685 g/mol. The monoisotopic (exact) mass is 684 g/mol. The first-order valence-electron chi connectivity index (χ1n) is 15.9. The maximum atomic E-state index is 10.8. The van der Waals surface area contributed by atoms with Crippen molar-refractivity contribution in [2.45, 2.75) is 107 Å². The highest BCUT2D eigenvalue weighted by atomic mass is 16.4. The molecular formula is C39H56O10. The molecule has 0 unspecified atom stereocenters. The summed E-state index contributed by atoms with van der Waals surface area (Å²) in [5.41, 5.74) is 4.81. The van der Waals surface area contributed by atoms with Crippen LogP contribution in [0.5, 0.6) is 0 Å². The van der Waals surface area contributed by atoms with Crippen LogP contribution < -0.4 is 0 Å². The largest absolute Gasteiger partial charge is 0.481 e. The van der Waals surface area contributed by atoms with Crippen LogP contribution in [-0.2, 0) is 19.8 Å². The zero-order chi connectivity index (χ0) is 39.2. The molecule has 10 heteroatoms. The van der Waals surface area contributed by atoms with Crippen molar-refractivity contribution in [3.63, 3.8) is 0 Å². The Morgan fingerprint density at radius 3 is 1.06 bits per heavy atom. The molecule has 0 atom stereocenters. The normalized spacial score (nSPS) is 8.96. The van der Waals surface area contributed by atoms with E-state index in [1.54, 1.807) is 56.3 Å². The molecule has 10 nitrogen and oxygen atoms in total. The molecule has 3 aromatic carbocycles. The predicted octanol–water partition coefficient (Wildman–Crippen LogP) is 9.50. The maximum Gasteiger partial charge on any atom is 0.373 e. The van der Waals surface area contributed by atoms with Crippen LogP contribution in [0.25, 0.3) is 0 Å². The van der Waals surface area contributed by atoms with Gasteiger partial charge in [0.2, 0.25) is 0 Å². The SMILES string of the molecule is CCC.CCC.CCCC(=O)O.Cc1cc(C(C)(C)C)ccc1C(=O)O.Cc1ccccc1C(=O)O.Cc1ccccc1C(=O)O.O=C=O. The van der Waals surface area contributed by atoms with Gasteiger partial charge < -0.3 is 20.4 Å². The van der Waals surface area contributed by atoms with Gasteiger partial charge in [-0.3, -0.25) is 4.79 Å². The number of carboxylic acid groups (broad SMARTS) is 4. The number of rotatable bonds is 5. The summed E-state index contributed by atoms with van der Waals surface area (Å²) < 4.78 is 0. The topological polar surface area (TPSA) is 183 Å². The zero-order valence-corrected chi connectivity index (χ0v) is 30.9. The molecule has 0 aliphatic carbocycles. The molecule has 0 saturated carbocycles. The lowest BCUT2D eigenvalue weighted by Gasteiger charge is -2.19. The van der Waals surface area contributed by atoms with Gasteiger partial charge in [-0.05, 0) is 73.1 Å². The highest BCUT2D eigenvalue weighted by molar-refractivity contribution is 5.90. The summed E-state index contributed by atoms with van der Waals surface area (Å²) in [6.07, 6.45) is 3.77. The van der Waals surface area contributed by atoms with Gasteiger partial charge in [0.15, 0.2) is 0 Å². The van der Waals surface area contributed by atoms with Gasteiger partial charge in [-0.1, -0.05) is 117 Å². The highest BCUT2D eigenvalue weighted by Gasteiger charge is 2.16. The molecule has 0 aromatic heterocycles. The molecule has 3 aromatic rings. The number of aliphatic carboxylic acids is 1. The van der Waals surface area contributed by atoms with Crippen LogP contribution in [0, 0.1) is 20.8 Å². The van der Waals surface area contributed by atoms with E-state index in [2.05, 4.69) is 48.5 Å². The van der Waals surface area contributed by atoms with Crippen molar-refractivity contribution in [2.24, 2.45) is 0 Å². The Bertz CT molecular complexity index is 1360. The van der Waals surface area contributed by atoms with E-state index in [-0.39, 0.29) is 11.6 Å². The minimum absolute atomic E-state index is 0.0712. The Hall–Kier alpha value is -5.08. The second kappa shape index (κ2) is 30.3. The third-order valence-corrected chi connectivity index (χ3v) is 5.54. The van der Waals surface area contributed by atoms with Gasteiger partial charge >= 0.3 is 30.0 Å². The standard InChI is InChI=1S/C12H16O2.2C8H8O2.C4H8O2.2C3H8.CO2/c1-8-7-9(12(2,3)4)5-6-10(8)11(13)14;2*1-6-4-2-3-5-7(6)8(9)10;1-2-3-4(5)6;2*1-3-2;2-1-3/h5-7H,1-4H3,(H,13,14);2*2-5H,1H3,(H,9,10);2-3H2,1H3,(H,5,6);2*3H2,1-2H3;. The summed E-state index contributed by atoms with van der Waals surface area (Å²) in [5, 5.41) is 33.9. The molecule has 0 aliphatic rings. The molecule has 0 spiro atoms. The van der Waals surface area contributed by atoms with Gasteiger partial charge in [-0.2, -0.15) is 9.59 Å². The summed E-state index contributed by atoms with van der Waals surface area (Å²) in [6, 6.07) is 19.3. The molecule has 0 radical (unpaired) electrons. The number of hydrogen-bond acceptors (Lipinski definition) is 6. The van der Waals surface area contributed by atoms with Crippen molar-refractivity contribution >= 4 is 30.0 Å². The van der Waals surface area contributed by atoms with Crippen molar-refractivity contribution in [3.05, 3.63) is 106 Å². The van der Waals surface area contributed by atoms with E-state index in [4.69, 9.17) is 30.0 Å². The van der Waals surface area contributed by atoms with Crippen LogP contribution in [-0.4, -0.2) is 50.5 Å². The van der Waals surface area contributed by atoms with Crippen molar-refractivity contribution in [1.29, 1.82) is 0 Å². The quantitative estimate of drug-likeness (QED) is 0.202. The van der Waals surface area contributed by atoms with E-state index in [1.807, 2.05) is 38.1 Å². The molecule has 0 fully saturated rings. The average Bonchev–Trinajstić information content (AvgIpc) is 2.99. The van der Waals surface area contributed by atoms with Gasteiger partial charge in [0.05, 0.1) is 16.7 Å². The maximum absolute atomic E-state index is 10.8. The number of carbonyl (C=O) groups excluding carboxylic acids is 2. The Morgan fingerprint density at radius 2 is 0.878 bits per heavy atom. The van der Waals surface area contributed by atoms with Crippen molar-refractivity contribution in [1.82, 2.24) is 0 Å². The Labute approximate surface area is 291 Å². The second-order valence-corrected chi connectivity index (χ2v) is 11.5. The van der Waals surface area contributed by atoms with Crippen molar-refractivity contribution in [3.8, 4) is 0 Å². The molecule has 0 amide bonds. The molecular weight excluding hydrogens is 628 g/mol. The van der Waals surface area contributed by atoms with E-state index in [0.717, 1.165) is 23.1 Å². The van der Waals surface area contributed by atoms with E-state index in [9.17, 15) is 19.2 Å². The smallest absolute Gasteiger partial charge is 0.373 e. The number of aromatic carboxylic acids is 3. The van der Waals surface area contributed by atoms with Crippen LogP contribution in [0.2, 0.25) is 0 Å². The second-order valence-electron chi connectivity index (χ2n) is 11.5. The fraction of sp³-hybridized carbons (Fsp3) is 0.410. The van der Waals surface area contributed by atoms with Gasteiger partial charge in [0.1, 0.15) is 0 Å². The van der Waals surface area contributed by atoms with Crippen molar-refractivity contribution in [2.75, 3.05) is 0 Å². The summed E-state index contributed by atoms with van der Waals surface area (Å²) in [6.45, 7) is 22.1. The molecule has 0 saturated heterocycles. The summed E-state index contributed by atoms with van der Waals surface area (Å²) >= 11 is 0. The molecule has 272 valence electrons. The number of carboxylic acids is 4. The van der Waals surface area contributed by atoms with Crippen LogP contribution in [0.3, 0.4) is 0 Å². The minimum atomic E-state index is -0.863. The van der Waals surface area contributed by atoms with Gasteiger partial charge in [0, 0.05) is 6.42 Å². The summed E-state index contributed by atoms with van der Waals surface area (Å²) in [5.74, 6) is -3.29. The number of benzene rings is 3. The van der Waals surface area contributed by atoms with E-state index < -0.39 is 23.9 Å². The first-order chi connectivity index (χ1) is 22.8. The van der Waals surface area contributed by atoms with Gasteiger partial charge in [-0.25, -0.2) is 14.4 Å². The molecule has 3 rings (SSSR count). The predicted molar refractivity (Wildman–Crippen MR) is 193 cm³/mol. The van der Waals surface area contributed by atoms with Gasteiger partial charge in [0.25, 0.3) is 0 Å². The van der Waals surface area contributed by atoms with Crippen LogP contribution in [0.4, 0.5) is 0 Å². The number of aryl methyl sites for hydroxylation is 3. The van der Waals surface area contributed by atoms with Crippen LogP contribution >= 0.6 is 0 Å². The Morgan fingerprint density at radius 1 is 0.571 bits per heavy atom. The lowest BCUT2D eigenvalue weighted by molar-refractivity contribution is -0.191. The minimum Gasteiger partial charge on any atom is -0.481 e. The van der Waals surface area contributed by atoms with Crippen LogP contribution in [0.1, 0.15) is 134 Å².